The molecule has 2 aromatic rings. The van der Waals surface area contributed by atoms with Gasteiger partial charge in [0.25, 0.3) is 0 Å². The molecule has 0 spiro atoms. The summed E-state index contributed by atoms with van der Waals surface area (Å²) in [4.78, 5) is 34.9. The molecule has 1 saturated carbocycles. The van der Waals surface area contributed by atoms with Crippen molar-refractivity contribution in [3.63, 3.8) is 0 Å². The Bertz CT molecular complexity index is 911. The Kier molecular flexibility index (Phi) is 6.41. The van der Waals surface area contributed by atoms with Crippen LogP contribution < -0.4 is 0 Å². The summed E-state index contributed by atoms with van der Waals surface area (Å²) >= 11 is 0. The van der Waals surface area contributed by atoms with Gasteiger partial charge in [0.15, 0.2) is 12.4 Å². The topological polar surface area (TPSA) is 104 Å². The lowest BCUT2D eigenvalue weighted by molar-refractivity contribution is -0.386. The Morgan fingerprint density at radius 3 is 2.41 bits per heavy atom. The van der Waals surface area contributed by atoms with Crippen molar-refractivity contribution in [1.82, 2.24) is 9.78 Å². The molecule has 0 radical (unpaired) electrons. The Hall–Kier alpha value is -3.03. The molecule has 0 atom stereocenters. The van der Waals surface area contributed by atoms with E-state index in [0.29, 0.717) is 11.5 Å². The molecule has 1 aromatic carbocycles. The molecule has 154 valence electrons. The average Bonchev–Trinajstić information content (AvgIpc) is 3.00. The van der Waals surface area contributed by atoms with E-state index in [2.05, 4.69) is 5.10 Å². The van der Waals surface area contributed by atoms with Crippen molar-refractivity contribution in [3.8, 4) is 0 Å². The van der Waals surface area contributed by atoms with E-state index in [9.17, 15) is 19.7 Å². The highest BCUT2D eigenvalue weighted by Gasteiger charge is 2.23. The van der Waals surface area contributed by atoms with Crippen LogP contribution >= 0.6 is 0 Å². The number of hydrogen-bond donors (Lipinski definition) is 0. The first-order valence-corrected chi connectivity index (χ1v) is 9.84. The lowest BCUT2D eigenvalue weighted by Crippen LogP contribution is -2.19. The summed E-state index contributed by atoms with van der Waals surface area (Å²) in [5, 5.41) is 15.0. The van der Waals surface area contributed by atoms with Gasteiger partial charge in [0.1, 0.15) is 17.9 Å². The molecular weight excluding hydrogens is 374 g/mol. The third kappa shape index (κ3) is 4.88. The van der Waals surface area contributed by atoms with E-state index < -0.39 is 10.9 Å². The zero-order valence-electron chi connectivity index (χ0n) is 16.7. The lowest BCUT2D eigenvalue weighted by Gasteiger charge is -2.22. The minimum absolute atomic E-state index is 0.119. The highest BCUT2D eigenvalue weighted by atomic mass is 16.6. The van der Waals surface area contributed by atoms with Crippen LogP contribution in [0.25, 0.3) is 0 Å². The SMILES string of the molecule is Cc1nn(CC(=O)OCC(=O)c2ccc(C3CCCCC3)cc2)c(C)c1[N+](=O)[O-]. The Morgan fingerprint density at radius 2 is 1.83 bits per heavy atom. The summed E-state index contributed by atoms with van der Waals surface area (Å²) in [5.74, 6) is -0.388. The van der Waals surface area contributed by atoms with Gasteiger partial charge in [-0.2, -0.15) is 5.10 Å². The second-order valence-electron chi connectivity index (χ2n) is 7.47. The zero-order chi connectivity index (χ0) is 21.0. The van der Waals surface area contributed by atoms with E-state index in [1.165, 1.54) is 56.2 Å². The van der Waals surface area contributed by atoms with Crippen molar-refractivity contribution in [1.29, 1.82) is 0 Å². The number of nitro groups is 1. The minimum atomic E-state index is -0.669. The largest absolute Gasteiger partial charge is 0.456 e. The third-order valence-electron chi connectivity index (χ3n) is 5.48. The van der Waals surface area contributed by atoms with Crippen molar-refractivity contribution < 1.29 is 19.2 Å². The summed E-state index contributed by atoms with van der Waals surface area (Å²) in [7, 11) is 0. The number of aromatic nitrogens is 2. The molecule has 8 nitrogen and oxygen atoms in total. The first-order valence-electron chi connectivity index (χ1n) is 9.84. The standard InChI is InChI=1S/C21H25N3O5/c1-14-21(24(27)28)15(2)23(22-14)12-20(26)29-13-19(25)18-10-8-17(9-11-18)16-6-4-3-5-7-16/h8-11,16H,3-7,12-13H2,1-2H3. The van der Waals surface area contributed by atoms with Crippen LogP contribution in [0.3, 0.4) is 0 Å². The molecule has 0 unspecified atom stereocenters. The van der Waals surface area contributed by atoms with Crippen molar-refractivity contribution >= 4 is 17.4 Å². The number of aryl methyl sites for hydroxylation is 1. The smallest absolute Gasteiger partial charge is 0.328 e. The maximum absolute atomic E-state index is 12.3. The number of hydrogen-bond acceptors (Lipinski definition) is 6. The second-order valence-corrected chi connectivity index (χ2v) is 7.47. The fourth-order valence-electron chi connectivity index (χ4n) is 3.88. The van der Waals surface area contributed by atoms with Crippen LogP contribution in [0.15, 0.2) is 24.3 Å². The van der Waals surface area contributed by atoms with Gasteiger partial charge in [-0.3, -0.25) is 24.4 Å². The number of esters is 1. The summed E-state index contributed by atoms with van der Waals surface area (Å²) in [6.45, 7) is 2.37. The number of carbonyl (C=O) groups is 2. The molecule has 1 heterocycles. The molecule has 0 bridgehead atoms. The number of ketones is 1. The van der Waals surface area contributed by atoms with Crippen molar-refractivity contribution in [2.45, 2.75) is 58.4 Å². The predicted octanol–water partition coefficient (Wildman–Crippen LogP) is 3.88. The summed E-state index contributed by atoms with van der Waals surface area (Å²) in [6, 6.07) is 7.54. The number of ether oxygens (including phenoxy) is 1. The minimum Gasteiger partial charge on any atom is -0.456 e. The van der Waals surface area contributed by atoms with E-state index in [0.717, 1.165) is 0 Å². The van der Waals surface area contributed by atoms with Gasteiger partial charge in [0.05, 0.1) is 4.92 Å². The van der Waals surface area contributed by atoms with Crippen molar-refractivity contribution in [2.75, 3.05) is 6.61 Å². The maximum Gasteiger partial charge on any atom is 0.328 e. The first-order chi connectivity index (χ1) is 13.9. The van der Waals surface area contributed by atoms with Crippen LogP contribution in [-0.2, 0) is 16.1 Å². The van der Waals surface area contributed by atoms with E-state index in [1.807, 2.05) is 12.1 Å². The Labute approximate surface area is 169 Å². The highest BCUT2D eigenvalue weighted by molar-refractivity contribution is 5.97. The summed E-state index contributed by atoms with van der Waals surface area (Å²) in [6.07, 6.45) is 6.17. The van der Waals surface area contributed by atoms with Gasteiger partial charge in [-0.1, -0.05) is 43.5 Å². The van der Waals surface area contributed by atoms with Crippen LogP contribution in [0.1, 0.15) is 65.3 Å². The molecule has 0 amide bonds. The van der Waals surface area contributed by atoms with E-state index in [4.69, 9.17) is 4.74 Å². The summed E-state index contributed by atoms with van der Waals surface area (Å²) < 4.78 is 6.28. The molecule has 8 heteroatoms. The third-order valence-corrected chi connectivity index (χ3v) is 5.48. The lowest BCUT2D eigenvalue weighted by atomic mass is 9.84. The van der Waals surface area contributed by atoms with Crippen LogP contribution in [0.2, 0.25) is 0 Å². The number of rotatable bonds is 7. The van der Waals surface area contributed by atoms with Gasteiger partial charge in [-0.15, -0.1) is 0 Å². The number of carbonyl (C=O) groups excluding carboxylic acids is 2. The van der Waals surface area contributed by atoms with Gasteiger partial charge in [0, 0.05) is 5.56 Å². The predicted molar refractivity (Wildman–Crippen MR) is 106 cm³/mol. The van der Waals surface area contributed by atoms with E-state index in [1.54, 1.807) is 12.1 Å². The summed E-state index contributed by atoms with van der Waals surface area (Å²) in [5.41, 5.74) is 2.14. The van der Waals surface area contributed by atoms with Crippen LogP contribution in [0.5, 0.6) is 0 Å². The van der Waals surface area contributed by atoms with Crippen LogP contribution in [-0.4, -0.2) is 33.1 Å². The molecule has 1 fully saturated rings. The van der Waals surface area contributed by atoms with E-state index in [-0.39, 0.29) is 36.0 Å². The quantitative estimate of drug-likeness (QED) is 0.303. The normalized spacial score (nSPS) is 14.6. The van der Waals surface area contributed by atoms with Crippen LogP contribution in [0, 0.1) is 24.0 Å². The molecule has 3 rings (SSSR count). The zero-order valence-corrected chi connectivity index (χ0v) is 16.7. The average molecular weight is 399 g/mol. The monoisotopic (exact) mass is 399 g/mol. The Morgan fingerprint density at radius 1 is 1.17 bits per heavy atom. The highest BCUT2D eigenvalue weighted by Crippen LogP contribution is 2.32. The molecule has 1 aromatic heterocycles. The van der Waals surface area contributed by atoms with E-state index >= 15 is 0 Å². The molecule has 0 aliphatic heterocycles. The fourth-order valence-corrected chi connectivity index (χ4v) is 3.88. The van der Waals surface area contributed by atoms with Gasteiger partial charge < -0.3 is 4.74 Å². The van der Waals surface area contributed by atoms with Crippen molar-refractivity contribution in [3.05, 3.63) is 56.9 Å². The van der Waals surface area contributed by atoms with Gasteiger partial charge in [-0.25, -0.2) is 0 Å². The number of nitrogens with zero attached hydrogens (tertiary/aromatic N) is 3. The molecule has 1 aliphatic carbocycles. The molecule has 0 saturated heterocycles. The van der Waals surface area contributed by atoms with Gasteiger partial charge in [0.2, 0.25) is 0 Å². The molecule has 0 N–H and O–H groups in total. The first kappa shape index (κ1) is 20.7. The number of Topliss-reactive ketones (excluding diaryl/α,β-unsaturated/α-hetero) is 1. The molecule has 1 aliphatic rings. The van der Waals surface area contributed by atoms with Gasteiger partial charge >= 0.3 is 11.7 Å². The Balaban J connectivity index is 1.54. The second kappa shape index (κ2) is 8.98. The van der Waals surface area contributed by atoms with Crippen molar-refractivity contribution in [2.24, 2.45) is 0 Å². The number of benzene rings is 1. The van der Waals surface area contributed by atoms with Gasteiger partial charge in [-0.05, 0) is 38.2 Å². The maximum atomic E-state index is 12.3. The van der Waals surface area contributed by atoms with Crippen LogP contribution in [0.4, 0.5) is 5.69 Å². The molecule has 29 heavy (non-hydrogen) atoms. The molecular formula is C21H25N3O5. The fraction of sp³-hybridized carbons (Fsp3) is 0.476.